The summed E-state index contributed by atoms with van der Waals surface area (Å²) in [5.74, 6) is 1.01. The topological polar surface area (TPSA) is 35.2 Å². The van der Waals surface area contributed by atoms with Crippen molar-refractivity contribution in [1.82, 2.24) is 14.9 Å². The van der Waals surface area contributed by atoms with E-state index in [1.807, 2.05) is 13.1 Å². The van der Waals surface area contributed by atoms with Crippen LogP contribution < -0.4 is 4.90 Å². The van der Waals surface area contributed by atoms with E-state index >= 15 is 0 Å². The van der Waals surface area contributed by atoms with E-state index in [1.165, 1.54) is 5.56 Å². The van der Waals surface area contributed by atoms with E-state index in [0.29, 0.717) is 0 Å². The number of imidazole rings is 1. The van der Waals surface area contributed by atoms with Crippen LogP contribution in [-0.2, 0) is 6.54 Å². The maximum absolute atomic E-state index is 4.40. The monoisotopic (exact) mass is 256 g/mol. The maximum Gasteiger partial charge on any atom is 0.203 e. The summed E-state index contributed by atoms with van der Waals surface area (Å²) in [5.41, 5.74) is 2.52. The molecule has 19 heavy (non-hydrogen) atoms. The lowest BCUT2D eigenvalue weighted by Gasteiger charge is -2.34. The molecule has 0 saturated carbocycles. The summed E-state index contributed by atoms with van der Waals surface area (Å²) in [6.07, 6.45) is 1.89. The van der Waals surface area contributed by atoms with Crippen LogP contribution in [0.25, 0.3) is 0 Å². The molecule has 4 heteroatoms. The molecule has 0 aliphatic carbocycles. The van der Waals surface area contributed by atoms with Gasteiger partial charge in [-0.25, -0.2) is 4.98 Å². The number of nitrogens with zero attached hydrogens (tertiary/aromatic N) is 3. The van der Waals surface area contributed by atoms with Gasteiger partial charge in [0.1, 0.15) is 0 Å². The van der Waals surface area contributed by atoms with Gasteiger partial charge < -0.3 is 9.88 Å². The SMILES string of the molecule is Cc1cnc(N2CCN(Cc3ccccc3)CC2)[nH]1. The molecule has 0 radical (unpaired) electrons. The number of rotatable bonds is 3. The molecule has 100 valence electrons. The largest absolute Gasteiger partial charge is 0.340 e. The Balaban J connectivity index is 1.55. The second kappa shape index (κ2) is 5.45. The van der Waals surface area contributed by atoms with Crippen molar-refractivity contribution in [3.8, 4) is 0 Å². The molecule has 1 saturated heterocycles. The summed E-state index contributed by atoms with van der Waals surface area (Å²) in [6.45, 7) is 7.36. The molecule has 1 aliphatic heterocycles. The minimum atomic E-state index is 1.01. The fraction of sp³-hybridized carbons (Fsp3) is 0.400. The van der Waals surface area contributed by atoms with Crippen LogP contribution in [0, 0.1) is 6.92 Å². The molecular formula is C15H20N4. The lowest BCUT2D eigenvalue weighted by Crippen LogP contribution is -2.46. The van der Waals surface area contributed by atoms with E-state index in [9.17, 15) is 0 Å². The van der Waals surface area contributed by atoms with Gasteiger partial charge in [-0.3, -0.25) is 4.90 Å². The number of piperazine rings is 1. The van der Waals surface area contributed by atoms with E-state index in [0.717, 1.165) is 44.4 Å². The first-order valence-corrected chi connectivity index (χ1v) is 6.84. The lowest BCUT2D eigenvalue weighted by atomic mass is 10.2. The predicted molar refractivity (Wildman–Crippen MR) is 77.3 cm³/mol. The van der Waals surface area contributed by atoms with Crippen LogP contribution in [0.2, 0.25) is 0 Å². The van der Waals surface area contributed by atoms with Crippen LogP contribution in [0.5, 0.6) is 0 Å². The van der Waals surface area contributed by atoms with Gasteiger partial charge in [0, 0.05) is 44.6 Å². The molecule has 1 aromatic heterocycles. The van der Waals surface area contributed by atoms with Crippen LogP contribution in [0.15, 0.2) is 36.5 Å². The normalized spacial score (nSPS) is 16.8. The Morgan fingerprint density at radius 3 is 2.47 bits per heavy atom. The van der Waals surface area contributed by atoms with Gasteiger partial charge in [0.2, 0.25) is 5.95 Å². The summed E-state index contributed by atoms with van der Waals surface area (Å²) in [5, 5.41) is 0. The van der Waals surface area contributed by atoms with Crippen molar-refractivity contribution in [2.75, 3.05) is 31.1 Å². The first-order chi connectivity index (χ1) is 9.31. The number of hydrogen-bond acceptors (Lipinski definition) is 3. The Morgan fingerprint density at radius 2 is 1.84 bits per heavy atom. The Bertz CT molecular complexity index is 512. The van der Waals surface area contributed by atoms with Crippen LogP contribution in [0.1, 0.15) is 11.3 Å². The smallest absolute Gasteiger partial charge is 0.203 e. The lowest BCUT2D eigenvalue weighted by molar-refractivity contribution is 0.249. The number of benzene rings is 1. The van der Waals surface area contributed by atoms with Gasteiger partial charge in [-0.05, 0) is 12.5 Å². The van der Waals surface area contributed by atoms with Gasteiger partial charge in [0.25, 0.3) is 0 Å². The number of anilines is 1. The third kappa shape index (κ3) is 2.96. The molecule has 1 fully saturated rings. The Labute approximate surface area is 114 Å². The summed E-state index contributed by atoms with van der Waals surface area (Å²) in [4.78, 5) is 12.5. The minimum absolute atomic E-state index is 1.01. The highest BCUT2D eigenvalue weighted by molar-refractivity contribution is 5.31. The van der Waals surface area contributed by atoms with Gasteiger partial charge in [-0.15, -0.1) is 0 Å². The predicted octanol–water partition coefficient (Wildman–Crippen LogP) is 2.04. The summed E-state index contributed by atoms with van der Waals surface area (Å²) in [7, 11) is 0. The van der Waals surface area contributed by atoms with Crippen molar-refractivity contribution in [3.05, 3.63) is 47.8 Å². The fourth-order valence-electron chi connectivity index (χ4n) is 2.52. The van der Waals surface area contributed by atoms with Gasteiger partial charge in [-0.2, -0.15) is 0 Å². The first-order valence-electron chi connectivity index (χ1n) is 6.84. The molecule has 2 heterocycles. The van der Waals surface area contributed by atoms with Gasteiger partial charge in [-0.1, -0.05) is 30.3 Å². The molecular weight excluding hydrogens is 236 g/mol. The van der Waals surface area contributed by atoms with E-state index in [1.54, 1.807) is 0 Å². The van der Waals surface area contributed by atoms with Crippen molar-refractivity contribution < 1.29 is 0 Å². The highest BCUT2D eigenvalue weighted by atomic mass is 15.3. The van der Waals surface area contributed by atoms with Gasteiger partial charge in [0.15, 0.2) is 0 Å². The third-order valence-electron chi connectivity index (χ3n) is 3.61. The second-order valence-corrected chi connectivity index (χ2v) is 5.14. The molecule has 1 aliphatic rings. The maximum atomic E-state index is 4.40. The Kier molecular flexibility index (Phi) is 3.51. The van der Waals surface area contributed by atoms with E-state index in [2.05, 4.69) is 50.1 Å². The number of aryl methyl sites for hydroxylation is 1. The van der Waals surface area contributed by atoms with Crippen molar-refractivity contribution >= 4 is 5.95 Å². The van der Waals surface area contributed by atoms with Crippen LogP contribution >= 0.6 is 0 Å². The molecule has 0 bridgehead atoms. The van der Waals surface area contributed by atoms with Crippen LogP contribution in [0.3, 0.4) is 0 Å². The molecule has 0 atom stereocenters. The second-order valence-electron chi connectivity index (χ2n) is 5.14. The van der Waals surface area contributed by atoms with E-state index in [4.69, 9.17) is 0 Å². The van der Waals surface area contributed by atoms with E-state index < -0.39 is 0 Å². The zero-order valence-electron chi connectivity index (χ0n) is 11.3. The number of aromatic nitrogens is 2. The van der Waals surface area contributed by atoms with E-state index in [-0.39, 0.29) is 0 Å². The zero-order chi connectivity index (χ0) is 13.1. The summed E-state index contributed by atoms with van der Waals surface area (Å²) in [6, 6.07) is 10.7. The number of aromatic amines is 1. The fourth-order valence-corrected chi connectivity index (χ4v) is 2.52. The molecule has 2 aromatic rings. The van der Waals surface area contributed by atoms with Crippen molar-refractivity contribution in [2.45, 2.75) is 13.5 Å². The summed E-state index contributed by atoms with van der Waals surface area (Å²) < 4.78 is 0. The van der Waals surface area contributed by atoms with Gasteiger partial charge in [0.05, 0.1) is 0 Å². The highest BCUT2D eigenvalue weighted by Crippen LogP contribution is 2.13. The third-order valence-corrected chi connectivity index (χ3v) is 3.61. The number of H-pyrrole nitrogens is 1. The molecule has 4 nitrogen and oxygen atoms in total. The molecule has 1 aromatic carbocycles. The number of nitrogens with one attached hydrogen (secondary N) is 1. The minimum Gasteiger partial charge on any atom is -0.340 e. The zero-order valence-corrected chi connectivity index (χ0v) is 11.3. The molecule has 0 amide bonds. The molecule has 3 rings (SSSR count). The average molecular weight is 256 g/mol. The van der Waals surface area contributed by atoms with Crippen molar-refractivity contribution in [1.29, 1.82) is 0 Å². The molecule has 0 spiro atoms. The molecule has 0 unspecified atom stereocenters. The Hall–Kier alpha value is -1.81. The van der Waals surface area contributed by atoms with Crippen molar-refractivity contribution in [3.63, 3.8) is 0 Å². The first kappa shape index (κ1) is 12.2. The highest BCUT2D eigenvalue weighted by Gasteiger charge is 2.18. The molecule has 1 N–H and O–H groups in total. The number of hydrogen-bond donors (Lipinski definition) is 1. The van der Waals surface area contributed by atoms with Gasteiger partial charge >= 0.3 is 0 Å². The quantitative estimate of drug-likeness (QED) is 0.912. The van der Waals surface area contributed by atoms with Crippen LogP contribution in [0.4, 0.5) is 5.95 Å². The summed E-state index contributed by atoms with van der Waals surface area (Å²) >= 11 is 0. The van der Waals surface area contributed by atoms with Crippen LogP contribution in [-0.4, -0.2) is 41.0 Å². The standard InChI is InChI=1S/C15H20N4/c1-13-11-16-15(17-13)19-9-7-18(8-10-19)12-14-5-3-2-4-6-14/h2-6,11H,7-10,12H2,1H3,(H,16,17). The Morgan fingerprint density at radius 1 is 1.11 bits per heavy atom. The average Bonchev–Trinajstić information content (AvgIpc) is 2.87. The van der Waals surface area contributed by atoms with Crippen molar-refractivity contribution in [2.24, 2.45) is 0 Å².